The van der Waals surface area contributed by atoms with Gasteiger partial charge in [-0.2, -0.15) is 12.7 Å². The zero-order valence-corrected chi connectivity index (χ0v) is 32.4. The third-order valence-corrected chi connectivity index (χ3v) is 10.8. The molecule has 2 aromatic rings. The highest BCUT2D eigenvalue weighted by atomic mass is 32.2. The van der Waals surface area contributed by atoms with Crippen LogP contribution in [0.25, 0.3) is 10.8 Å². The van der Waals surface area contributed by atoms with E-state index in [2.05, 4.69) is 26.9 Å². The van der Waals surface area contributed by atoms with Gasteiger partial charge in [0.2, 0.25) is 17.7 Å². The second kappa shape index (κ2) is 14.9. The number of nitrogens with zero attached hydrogens (tertiary/aromatic N) is 3. The first-order chi connectivity index (χ1) is 24.0. The first-order valence-corrected chi connectivity index (χ1v) is 18.6. The van der Waals surface area contributed by atoms with Gasteiger partial charge in [0.1, 0.15) is 35.1 Å². The molecule has 0 spiro atoms. The fourth-order valence-electron chi connectivity index (χ4n) is 6.02. The van der Waals surface area contributed by atoms with Gasteiger partial charge in [-0.1, -0.05) is 26.8 Å². The van der Waals surface area contributed by atoms with Gasteiger partial charge in [-0.05, 0) is 76.1 Å². The average molecular weight is 745 g/mol. The Hall–Kier alpha value is -4.44. The standard InChI is InChI=1S/C36H52N6O9S/c1-12-23-19-36(23,32(45)40-52(47,48)41(10)21(2)3)39-29(43)27-18-25(50-30-26-14-13-24(49-11)17-22(26)15-16-37-30)20-42(27)31(44)28(34(4,5)6)38-33(46)51-35(7,8)9/h12-17,21,23,25,27-28H,1,18-20H2,2-11H3,(H,38,46)(H,39,43)(H,40,45)/t23?,25-,27+,28-,36-/m1/s1. The average Bonchev–Trinajstić information content (AvgIpc) is 3.60. The van der Waals surface area contributed by atoms with Crippen LogP contribution in [0.15, 0.2) is 43.1 Å². The highest BCUT2D eigenvalue weighted by Gasteiger charge is 2.61. The maximum Gasteiger partial charge on any atom is 0.408 e. The molecule has 3 N–H and O–H groups in total. The minimum absolute atomic E-state index is 0.0000627. The van der Waals surface area contributed by atoms with Crippen molar-refractivity contribution in [2.24, 2.45) is 11.3 Å². The minimum Gasteiger partial charge on any atom is -0.497 e. The molecule has 1 aromatic heterocycles. The maximum atomic E-state index is 14.5. The number of aromatic nitrogens is 1. The van der Waals surface area contributed by atoms with Crippen LogP contribution in [-0.4, -0.2) is 102 Å². The van der Waals surface area contributed by atoms with E-state index in [1.807, 2.05) is 6.07 Å². The molecular formula is C36H52N6O9S. The van der Waals surface area contributed by atoms with Crippen molar-refractivity contribution in [1.29, 1.82) is 0 Å². The summed E-state index contributed by atoms with van der Waals surface area (Å²) >= 11 is 0. The highest BCUT2D eigenvalue weighted by Crippen LogP contribution is 2.45. The zero-order chi connectivity index (χ0) is 39.0. The van der Waals surface area contributed by atoms with E-state index in [0.717, 1.165) is 9.69 Å². The molecule has 52 heavy (non-hydrogen) atoms. The van der Waals surface area contributed by atoms with Gasteiger partial charge in [0.25, 0.3) is 5.91 Å². The summed E-state index contributed by atoms with van der Waals surface area (Å²) in [6, 6.07) is 4.45. The van der Waals surface area contributed by atoms with Crippen molar-refractivity contribution < 1.29 is 41.8 Å². The quantitative estimate of drug-likeness (QED) is 0.273. The summed E-state index contributed by atoms with van der Waals surface area (Å²) in [7, 11) is -1.33. The molecule has 15 nitrogen and oxygen atoms in total. The monoisotopic (exact) mass is 744 g/mol. The molecule has 0 radical (unpaired) electrons. The third kappa shape index (κ3) is 8.95. The lowest BCUT2D eigenvalue weighted by Crippen LogP contribution is -2.60. The number of amides is 4. The molecule has 286 valence electrons. The number of benzene rings is 1. The second-order valence-electron chi connectivity index (χ2n) is 15.7. The number of likely N-dealkylation sites (tertiary alicyclic amines) is 1. The lowest BCUT2D eigenvalue weighted by molar-refractivity contribution is -0.143. The van der Waals surface area contributed by atoms with Crippen LogP contribution in [0.2, 0.25) is 0 Å². The van der Waals surface area contributed by atoms with E-state index in [-0.39, 0.29) is 25.3 Å². The Morgan fingerprint density at radius 3 is 2.35 bits per heavy atom. The minimum atomic E-state index is -4.23. The Morgan fingerprint density at radius 1 is 1.12 bits per heavy atom. The van der Waals surface area contributed by atoms with Crippen molar-refractivity contribution in [3.63, 3.8) is 0 Å². The second-order valence-corrected chi connectivity index (χ2v) is 17.4. The number of alkyl carbamates (subject to hydrolysis) is 1. The number of fused-ring (bicyclic) bond motifs is 1. The van der Waals surface area contributed by atoms with Gasteiger partial charge in [-0.3, -0.25) is 14.4 Å². The summed E-state index contributed by atoms with van der Waals surface area (Å²) in [6.07, 6.45) is 1.61. The molecule has 0 bridgehead atoms. The van der Waals surface area contributed by atoms with Crippen molar-refractivity contribution in [2.75, 3.05) is 20.7 Å². The largest absolute Gasteiger partial charge is 0.497 e. The van der Waals surface area contributed by atoms with E-state index >= 15 is 0 Å². The Kier molecular flexibility index (Phi) is 11.6. The van der Waals surface area contributed by atoms with Crippen LogP contribution in [0.1, 0.15) is 68.2 Å². The predicted molar refractivity (Wildman–Crippen MR) is 195 cm³/mol. The molecule has 1 saturated carbocycles. The van der Waals surface area contributed by atoms with Crippen LogP contribution < -0.4 is 24.8 Å². The summed E-state index contributed by atoms with van der Waals surface area (Å²) in [6.45, 7) is 17.4. The lowest BCUT2D eigenvalue weighted by Gasteiger charge is -2.36. The van der Waals surface area contributed by atoms with Crippen LogP contribution in [0, 0.1) is 11.3 Å². The summed E-state index contributed by atoms with van der Waals surface area (Å²) < 4.78 is 46.2. The zero-order valence-electron chi connectivity index (χ0n) is 31.6. The number of pyridine rings is 1. The van der Waals surface area contributed by atoms with Gasteiger partial charge < -0.3 is 29.7 Å². The molecule has 5 atom stereocenters. The molecule has 16 heteroatoms. The van der Waals surface area contributed by atoms with Crippen LogP contribution in [0.4, 0.5) is 4.79 Å². The van der Waals surface area contributed by atoms with Crippen molar-refractivity contribution in [3.05, 3.63) is 43.1 Å². The van der Waals surface area contributed by atoms with Crippen molar-refractivity contribution >= 4 is 44.8 Å². The van der Waals surface area contributed by atoms with E-state index in [4.69, 9.17) is 14.2 Å². The van der Waals surface area contributed by atoms with E-state index in [1.54, 1.807) is 86.9 Å². The van der Waals surface area contributed by atoms with Crippen LogP contribution in [-0.2, 0) is 29.3 Å². The summed E-state index contributed by atoms with van der Waals surface area (Å²) in [4.78, 5) is 61.0. The van der Waals surface area contributed by atoms with Crippen molar-refractivity contribution in [2.45, 2.75) is 104 Å². The molecule has 1 unspecified atom stereocenters. The molecule has 2 heterocycles. The fourth-order valence-corrected chi connectivity index (χ4v) is 7.13. The Morgan fingerprint density at radius 2 is 1.79 bits per heavy atom. The van der Waals surface area contributed by atoms with Gasteiger partial charge in [0, 0.05) is 37.0 Å². The first kappa shape index (κ1) is 40.3. The fraction of sp³-hybridized carbons (Fsp3) is 0.583. The SMILES string of the molecule is C=CC1C[C@]1(NC(=O)[C@@H]1C[C@@H](Oc2nccc3cc(OC)ccc23)CN1C(=O)[C@@H](NC(=O)OC(C)(C)C)C(C)(C)C)C(=O)NS(=O)(=O)N(C)C(C)C. The Bertz CT molecular complexity index is 1820. The molecule has 1 saturated heterocycles. The normalized spacial score (nSPS) is 22.5. The van der Waals surface area contributed by atoms with Gasteiger partial charge in [0.15, 0.2) is 0 Å². The van der Waals surface area contributed by atoms with E-state index in [1.165, 1.54) is 18.0 Å². The molecule has 1 aliphatic carbocycles. The predicted octanol–water partition coefficient (Wildman–Crippen LogP) is 3.29. The number of ether oxygens (including phenoxy) is 3. The van der Waals surface area contributed by atoms with Crippen molar-refractivity contribution in [3.8, 4) is 11.6 Å². The first-order valence-electron chi connectivity index (χ1n) is 17.2. The number of hydrogen-bond donors (Lipinski definition) is 3. The molecule has 2 aliphatic rings. The van der Waals surface area contributed by atoms with Crippen molar-refractivity contribution in [1.82, 2.24) is 29.5 Å². The maximum absolute atomic E-state index is 14.5. The van der Waals surface area contributed by atoms with Gasteiger partial charge in [0.05, 0.1) is 13.7 Å². The van der Waals surface area contributed by atoms with Gasteiger partial charge in [-0.15, -0.1) is 6.58 Å². The number of hydrogen-bond acceptors (Lipinski definition) is 10. The third-order valence-electron chi connectivity index (χ3n) is 9.21. The van der Waals surface area contributed by atoms with Gasteiger partial charge in [-0.25, -0.2) is 14.5 Å². The van der Waals surface area contributed by atoms with Crippen LogP contribution in [0.3, 0.4) is 0 Å². The Labute approximate surface area is 306 Å². The molecule has 4 amide bonds. The molecular weight excluding hydrogens is 692 g/mol. The topological polar surface area (TPSA) is 186 Å². The summed E-state index contributed by atoms with van der Waals surface area (Å²) in [5, 5.41) is 6.94. The number of methoxy groups -OCH3 is 1. The smallest absolute Gasteiger partial charge is 0.408 e. The van der Waals surface area contributed by atoms with Gasteiger partial charge >= 0.3 is 16.3 Å². The van der Waals surface area contributed by atoms with Crippen LogP contribution in [0.5, 0.6) is 11.6 Å². The van der Waals surface area contributed by atoms with E-state index in [9.17, 15) is 27.6 Å². The number of carbonyl (C=O) groups excluding carboxylic acids is 4. The molecule has 1 aromatic carbocycles. The Balaban J connectivity index is 1.68. The molecule has 1 aliphatic heterocycles. The highest BCUT2D eigenvalue weighted by molar-refractivity contribution is 7.87. The number of nitrogens with one attached hydrogen (secondary N) is 3. The lowest BCUT2D eigenvalue weighted by atomic mass is 9.85. The molecule has 4 rings (SSSR count). The van der Waals surface area contributed by atoms with E-state index in [0.29, 0.717) is 11.1 Å². The van der Waals surface area contributed by atoms with E-state index < -0.39 is 80.7 Å². The number of rotatable bonds is 12. The van der Waals surface area contributed by atoms with Crippen LogP contribution >= 0.6 is 0 Å². The summed E-state index contributed by atoms with van der Waals surface area (Å²) in [5.41, 5.74) is -3.28. The molecule has 2 fully saturated rings. The number of carbonyl (C=O) groups is 4. The summed E-state index contributed by atoms with van der Waals surface area (Å²) in [5.74, 6) is -1.84.